The molecular formula is C13H11Cl3N2. The molecule has 2 aromatic carbocycles. The molecule has 2 nitrogen and oxygen atoms in total. The Labute approximate surface area is 121 Å². The Bertz CT molecular complexity index is 574. The van der Waals surface area contributed by atoms with Crippen LogP contribution in [0.15, 0.2) is 30.3 Å². The summed E-state index contributed by atoms with van der Waals surface area (Å²) in [7, 11) is 0. The van der Waals surface area contributed by atoms with E-state index in [0.717, 1.165) is 11.3 Å². The van der Waals surface area contributed by atoms with Crippen molar-refractivity contribution < 1.29 is 0 Å². The van der Waals surface area contributed by atoms with Crippen molar-refractivity contribution >= 4 is 51.9 Å². The van der Waals surface area contributed by atoms with Gasteiger partial charge in [0, 0.05) is 16.4 Å². The van der Waals surface area contributed by atoms with Gasteiger partial charge in [-0.1, -0.05) is 40.9 Å². The van der Waals surface area contributed by atoms with Crippen LogP contribution >= 0.6 is 34.8 Å². The summed E-state index contributed by atoms with van der Waals surface area (Å²) in [5.41, 5.74) is 8.60. The van der Waals surface area contributed by atoms with Crippen LogP contribution in [0.5, 0.6) is 0 Å². The van der Waals surface area contributed by atoms with Gasteiger partial charge in [-0.2, -0.15) is 0 Å². The van der Waals surface area contributed by atoms with Gasteiger partial charge in [0.05, 0.1) is 15.7 Å². The summed E-state index contributed by atoms with van der Waals surface area (Å²) in [6.07, 6.45) is 0. The number of nitrogens with two attached hydrogens (primary N) is 1. The summed E-state index contributed by atoms with van der Waals surface area (Å²) in [6, 6.07) is 8.89. The van der Waals surface area contributed by atoms with Crippen LogP contribution in [0.25, 0.3) is 0 Å². The molecule has 0 heterocycles. The number of rotatable bonds is 2. The highest BCUT2D eigenvalue weighted by atomic mass is 35.5. The molecule has 0 aromatic heterocycles. The van der Waals surface area contributed by atoms with E-state index in [2.05, 4.69) is 5.32 Å². The molecule has 0 fully saturated rings. The van der Waals surface area contributed by atoms with E-state index in [1.807, 2.05) is 25.1 Å². The molecule has 0 saturated carbocycles. The Balaban J connectivity index is 2.43. The van der Waals surface area contributed by atoms with Crippen LogP contribution in [0.3, 0.4) is 0 Å². The maximum absolute atomic E-state index is 6.12. The molecule has 2 rings (SSSR count). The van der Waals surface area contributed by atoms with Crippen LogP contribution in [0.1, 0.15) is 5.56 Å². The van der Waals surface area contributed by atoms with Gasteiger partial charge in [0.25, 0.3) is 0 Å². The Morgan fingerprint density at radius 1 is 1.00 bits per heavy atom. The fourth-order valence-corrected chi connectivity index (χ4v) is 2.36. The lowest BCUT2D eigenvalue weighted by atomic mass is 10.2. The maximum atomic E-state index is 6.12. The minimum Gasteiger partial charge on any atom is -0.399 e. The topological polar surface area (TPSA) is 38.0 Å². The normalized spacial score (nSPS) is 10.4. The van der Waals surface area contributed by atoms with E-state index in [9.17, 15) is 0 Å². The van der Waals surface area contributed by atoms with E-state index in [1.54, 1.807) is 12.1 Å². The largest absolute Gasteiger partial charge is 0.399 e. The second kappa shape index (κ2) is 5.27. The predicted molar refractivity (Wildman–Crippen MR) is 80.3 cm³/mol. The molecule has 0 unspecified atom stereocenters. The lowest BCUT2D eigenvalue weighted by molar-refractivity contribution is 1.43. The van der Waals surface area contributed by atoms with Gasteiger partial charge in [0.1, 0.15) is 0 Å². The molecular weight excluding hydrogens is 291 g/mol. The summed E-state index contributed by atoms with van der Waals surface area (Å²) in [5, 5.41) is 4.80. The fraction of sp³-hybridized carbons (Fsp3) is 0.0769. The SMILES string of the molecule is Cc1c(Cl)cccc1Nc1c(Cl)cc(N)cc1Cl. The quantitative estimate of drug-likeness (QED) is 0.740. The second-order valence-electron chi connectivity index (χ2n) is 3.90. The van der Waals surface area contributed by atoms with Gasteiger partial charge in [-0.25, -0.2) is 0 Å². The highest BCUT2D eigenvalue weighted by Crippen LogP contribution is 2.36. The zero-order chi connectivity index (χ0) is 13.3. The zero-order valence-corrected chi connectivity index (χ0v) is 11.9. The van der Waals surface area contributed by atoms with Gasteiger partial charge in [-0.15, -0.1) is 0 Å². The fourth-order valence-electron chi connectivity index (χ4n) is 1.59. The number of hydrogen-bond donors (Lipinski definition) is 2. The predicted octanol–water partition coefficient (Wildman–Crippen LogP) is 5.28. The van der Waals surface area contributed by atoms with E-state index in [-0.39, 0.29) is 0 Å². The van der Waals surface area contributed by atoms with Crippen molar-refractivity contribution in [3.05, 3.63) is 51.0 Å². The third-order valence-corrected chi connectivity index (χ3v) is 3.60. The van der Waals surface area contributed by atoms with Crippen LogP contribution in [0.2, 0.25) is 15.1 Å². The molecule has 94 valence electrons. The van der Waals surface area contributed by atoms with E-state index < -0.39 is 0 Å². The lowest BCUT2D eigenvalue weighted by Gasteiger charge is -2.14. The smallest absolute Gasteiger partial charge is 0.0764 e. The summed E-state index contributed by atoms with van der Waals surface area (Å²) in [4.78, 5) is 0. The van der Waals surface area contributed by atoms with Crippen LogP contribution < -0.4 is 11.1 Å². The number of hydrogen-bond acceptors (Lipinski definition) is 2. The van der Waals surface area contributed by atoms with Crippen molar-refractivity contribution in [2.24, 2.45) is 0 Å². The van der Waals surface area contributed by atoms with Crippen LogP contribution in [0, 0.1) is 6.92 Å². The molecule has 0 amide bonds. The molecule has 2 aromatic rings. The summed E-state index contributed by atoms with van der Waals surface area (Å²) < 4.78 is 0. The Morgan fingerprint density at radius 2 is 1.61 bits per heavy atom. The van der Waals surface area contributed by atoms with Crippen LogP contribution in [-0.4, -0.2) is 0 Å². The summed E-state index contributed by atoms with van der Waals surface area (Å²) in [6.45, 7) is 1.92. The van der Waals surface area contributed by atoms with Crippen molar-refractivity contribution in [1.82, 2.24) is 0 Å². The molecule has 0 radical (unpaired) electrons. The first-order valence-corrected chi connectivity index (χ1v) is 6.39. The van der Waals surface area contributed by atoms with Gasteiger partial charge in [-0.05, 0) is 36.8 Å². The monoisotopic (exact) mass is 300 g/mol. The molecule has 0 aliphatic heterocycles. The number of benzene rings is 2. The van der Waals surface area contributed by atoms with Crippen molar-refractivity contribution in [3.63, 3.8) is 0 Å². The average molecular weight is 302 g/mol. The minimum atomic E-state index is 0.472. The summed E-state index contributed by atoms with van der Waals surface area (Å²) >= 11 is 18.3. The van der Waals surface area contributed by atoms with Gasteiger partial charge in [0.15, 0.2) is 0 Å². The first kappa shape index (κ1) is 13.3. The first-order valence-electron chi connectivity index (χ1n) is 5.25. The van der Waals surface area contributed by atoms with Gasteiger partial charge >= 0.3 is 0 Å². The minimum absolute atomic E-state index is 0.472. The van der Waals surface area contributed by atoms with Crippen molar-refractivity contribution in [1.29, 1.82) is 0 Å². The number of nitrogens with one attached hydrogen (secondary N) is 1. The van der Waals surface area contributed by atoms with E-state index in [1.165, 1.54) is 0 Å². The molecule has 0 saturated heterocycles. The molecule has 0 aliphatic rings. The Hall–Kier alpha value is -1.09. The third kappa shape index (κ3) is 2.66. The lowest BCUT2D eigenvalue weighted by Crippen LogP contribution is -1.96. The average Bonchev–Trinajstić information content (AvgIpc) is 2.28. The van der Waals surface area contributed by atoms with Crippen LogP contribution in [0.4, 0.5) is 17.1 Å². The molecule has 0 spiro atoms. The van der Waals surface area contributed by atoms with E-state index in [0.29, 0.717) is 26.4 Å². The van der Waals surface area contributed by atoms with E-state index >= 15 is 0 Å². The Kier molecular flexibility index (Phi) is 3.91. The third-order valence-electron chi connectivity index (χ3n) is 2.59. The standard InChI is InChI=1S/C13H11Cl3N2/c1-7-9(14)3-2-4-12(7)18-13-10(15)5-8(17)6-11(13)16/h2-6,18H,17H2,1H3. The maximum Gasteiger partial charge on any atom is 0.0764 e. The van der Waals surface area contributed by atoms with Gasteiger partial charge < -0.3 is 11.1 Å². The molecule has 3 N–H and O–H groups in total. The molecule has 0 atom stereocenters. The highest BCUT2D eigenvalue weighted by molar-refractivity contribution is 6.39. The Morgan fingerprint density at radius 3 is 2.22 bits per heavy atom. The number of halogens is 3. The molecule has 0 bridgehead atoms. The number of anilines is 3. The van der Waals surface area contributed by atoms with Crippen molar-refractivity contribution in [2.45, 2.75) is 6.92 Å². The highest BCUT2D eigenvalue weighted by Gasteiger charge is 2.09. The van der Waals surface area contributed by atoms with Gasteiger partial charge in [0.2, 0.25) is 0 Å². The number of nitrogen functional groups attached to an aromatic ring is 1. The zero-order valence-electron chi connectivity index (χ0n) is 9.60. The van der Waals surface area contributed by atoms with E-state index in [4.69, 9.17) is 40.5 Å². The van der Waals surface area contributed by atoms with Crippen molar-refractivity contribution in [2.75, 3.05) is 11.1 Å². The molecule has 5 heteroatoms. The summed E-state index contributed by atoms with van der Waals surface area (Å²) in [5.74, 6) is 0. The molecule has 18 heavy (non-hydrogen) atoms. The first-order chi connectivity index (χ1) is 8.49. The van der Waals surface area contributed by atoms with Gasteiger partial charge in [-0.3, -0.25) is 0 Å². The van der Waals surface area contributed by atoms with Crippen LogP contribution in [-0.2, 0) is 0 Å². The van der Waals surface area contributed by atoms with Crippen molar-refractivity contribution in [3.8, 4) is 0 Å². The second-order valence-corrected chi connectivity index (χ2v) is 5.12. The molecule has 0 aliphatic carbocycles.